The summed E-state index contributed by atoms with van der Waals surface area (Å²) in [4.78, 5) is 29.0. The smallest absolute Gasteiger partial charge is 0.264 e. The molecule has 0 aliphatic heterocycles. The maximum atomic E-state index is 14.0. The van der Waals surface area contributed by atoms with E-state index in [4.69, 9.17) is 4.74 Å². The summed E-state index contributed by atoms with van der Waals surface area (Å²) >= 11 is 1.48. The van der Waals surface area contributed by atoms with Gasteiger partial charge in [-0.3, -0.25) is 13.9 Å². The third kappa shape index (κ3) is 7.33. The van der Waals surface area contributed by atoms with Gasteiger partial charge in [0, 0.05) is 18.5 Å². The molecule has 214 valence electrons. The Kier molecular flexibility index (Phi) is 11.0. The van der Waals surface area contributed by atoms with E-state index in [0.717, 1.165) is 9.20 Å². The molecule has 0 bridgehead atoms. The van der Waals surface area contributed by atoms with Crippen molar-refractivity contribution >= 4 is 39.3 Å². The summed E-state index contributed by atoms with van der Waals surface area (Å²) in [7, 11) is -2.77. The number of para-hydroxylation sites is 2. The minimum Gasteiger partial charge on any atom is -0.492 e. The van der Waals surface area contributed by atoms with Crippen molar-refractivity contribution in [3.63, 3.8) is 0 Å². The Bertz CT molecular complexity index is 1400. The lowest BCUT2D eigenvalue weighted by molar-refractivity contribution is -0.140. The molecule has 2 amide bonds. The fourth-order valence-electron chi connectivity index (χ4n) is 4.20. The van der Waals surface area contributed by atoms with Crippen molar-refractivity contribution in [2.75, 3.05) is 30.8 Å². The van der Waals surface area contributed by atoms with Gasteiger partial charge in [0.15, 0.2) is 0 Å². The normalized spacial score (nSPS) is 11.9. The predicted octanol–water partition coefficient (Wildman–Crippen LogP) is 4.70. The van der Waals surface area contributed by atoms with E-state index in [1.165, 1.54) is 60.1 Å². The predicted molar refractivity (Wildman–Crippen MR) is 155 cm³/mol. The summed E-state index contributed by atoms with van der Waals surface area (Å²) in [6.45, 7) is 3.21. The maximum absolute atomic E-state index is 14.0. The molecular formula is C29H34FN3O5S2. The highest BCUT2D eigenvalue weighted by Gasteiger charge is 2.34. The molecule has 0 heterocycles. The van der Waals surface area contributed by atoms with Crippen LogP contribution in [0.2, 0.25) is 0 Å². The summed E-state index contributed by atoms with van der Waals surface area (Å²) in [6, 6.07) is 17.7. The zero-order chi connectivity index (χ0) is 29.3. The van der Waals surface area contributed by atoms with Crippen molar-refractivity contribution in [3.05, 3.63) is 84.2 Å². The second-order valence-corrected chi connectivity index (χ2v) is 11.5. The Balaban J connectivity index is 2.10. The van der Waals surface area contributed by atoms with Gasteiger partial charge in [0.1, 0.15) is 24.2 Å². The quantitative estimate of drug-likeness (QED) is 0.292. The van der Waals surface area contributed by atoms with Gasteiger partial charge in [-0.05, 0) is 73.7 Å². The number of sulfonamides is 1. The SMILES string of the molecule is CCOc1ccccc1N(CC(=O)N(Cc1ccc(F)cc1)[C@H](CC)C(=O)NC)S(=O)(=O)c1ccc(SC)cc1. The van der Waals surface area contributed by atoms with Gasteiger partial charge < -0.3 is 15.0 Å². The van der Waals surface area contributed by atoms with Gasteiger partial charge in [-0.2, -0.15) is 0 Å². The second-order valence-electron chi connectivity index (χ2n) is 8.77. The zero-order valence-electron chi connectivity index (χ0n) is 23.0. The molecule has 0 aromatic heterocycles. The van der Waals surface area contributed by atoms with Crippen LogP contribution in [-0.4, -0.2) is 57.6 Å². The van der Waals surface area contributed by atoms with Crippen LogP contribution in [0.25, 0.3) is 0 Å². The zero-order valence-corrected chi connectivity index (χ0v) is 24.6. The maximum Gasteiger partial charge on any atom is 0.264 e. The highest BCUT2D eigenvalue weighted by molar-refractivity contribution is 7.98. The van der Waals surface area contributed by atoms with E-state index in [1.54, 1.807) is 50.2 Å². The van der Waals surface area contributed by atoms with Gasteiger partial charge in [-0.1, -0.05) is 31.2 Å². The van der Waals surface area contributed by atoms with Crippen LogP contribution in [0.15, 0.2) is 82.6 Å². The Hall–Kier alpha value is -3.57. The summed E-state index contributed by atoms with van der Waals surface area (Å²) in [5.74, 6) is -1.13. The molecule has 3 aromatic rings. The highest BCUT2D eigenvalue weighted by atomic mass is 32.2. The number of hydrogen-bond acceptors (Lipinski definition) is 6. The van der Waals surface area contributed by atoms with Gasteiger partial charge in [-0.25, -0.2) is 12.8 Å². The lowest BCUT2D eigenvalue weighted by Gasteiger charge is -2.33. The molecule has 3 aromatic carbocycles. The average molecular weight is 588 g/mol. The van der Waals surface area contributed by atoms with Crippen LogP contribution in [0.4, 0.5) is 10.1 Å². The molecule has 0 unspecified atom stereocenters. The van der Waals surface area contributed by atoms with Crippen molar-refractivity contribution in [3.8, 4) is 5.75 Å². The standard InChI is InChI=1S/C29H34FN3O5S2/c1-5-25(29(35)31-3)32(19-21-11-13-22(30)14-12-21)28(34)20-33(26-9-7-8-10-27(26)38-6-2)40(36,37)24-17-15-23(39-4)16-18-24/h7-18,25H,5-6,19-20H2,1-4H3,(H,31,35)/t25-/m1/s1. The molecule has 8 nitrogen and oxygen atoms in total. The summed E-state index contributed by atoms with van der Waals surface area (Å²) in [5.41, 5.74) is 0.787. The number of nitrogens with one attached hydrogen (secondary N) is 1. The van der Waals surface area contributed by atoms with E-state index in [1.807, 2.05) is 6.26 Å². The average Bonchev–Trinajstić information content (AvgIpc) is 2.97. The Morgan fingerprint density at radius 2 is 1.65 bits per heavy atom. The molecule has 1 N–H and O–H groups in total. The van der Waals surface area contributed by atoms with Crippen molar-refractivity contribution < 1.29 is 27.1 Å². The Morgan fingerprint density at radius 1 is 1.00 bits per heavy atom. The number of halogens is 1. The molecule has 40 heavy (non-hydrogen) atoms. The number of likely N-dealkylation sites (N-methyl/N-ethyl adjacent to an activating group) is 1. The number of rotatable bonds is 13. The first kappa shape index (κ1) is 31.0. The summed E-state index contributed by atoms with van der Waals surface area (Å²) < 4.78 is 48.4. The lowest BCUT2D eigenvalue weighted by Crippen LogP contribution is -2.51. The fraction of sp³-hybridized carbons (Fsp3) is 0.310. The number of amides is 2. The highest BCUT2D eigenvalue weighted by Crippen LogP contribution is 2.33. The molecule has 0 aliphatic rings. The minimum atomic E-state index is -4.24. The topological polar surface area (TPSA) is 96.0 Å². The van der Waals surface area contributed by atoms with Gasteiger partial charge >= 0.3 is 0 Å². The number of hydrogen-bond donors (Lipinski definition) is 1. The van der Waals surface area contributed by atoms with Crippen LogP contribution < -0.4 is 14.4 Å². The number of nitrogens with zero attached hydrogens (tertiary/aromatic N) is 2. The van der Waals surface area contributed by atoms with Crippen LogP contribution >= 0.6 is 11.8 Å². The largest absolute Gasteiger partial charge is 0.492 e. The van der Waals surface area contributed by atoms with Crippen LogP contribution in [0.3, 0.4) is 0 Å². The van der Waals surface area contributed by atoms with Crippen LogP contribution in [0.5, 0.6) is 5.75 Å². The van der Waals surface area contributed by atoms with Crippen LogP contribution in [-0.2, 0) is 26.2 Å². The van der Waals surface area contributed by atoms with E-state index in [0.29, 0.717) is 11.3 Å². The second kappa shape index (κ2) is 14.2. The third-order valence-electron chi connectivity index (χ3n) is 6.26. The first-order valence-electron chi connectivity index (χ1n) is 12.8. The molecule has 0 fully saturated rings. The number of ether oxygens (including phenoxy) is 1. The molecule has 0 spiro atoms. The Labute approximate surface area is 239 Å². The molecule has 3 rings (SSSR count). The molecule has 1 atom stereocenters. The lowest BCUT2D eigenvalue weighted by atomic mass is 10.1. The van der Waals surface area contributed by atoms with Crippen molar-refractivity contribution in [1.29, 1.82) is 0 Å². The summed E-state index contributed by atoms with van der Waals surface area (Å²) in [5, 5.41) is 2.58. The number of thioether (sulfide) groups is 1. The first-order chi connectivity index (χ1) is 19.2. The van der Waals surface area contributed by atoms with Crippen molar-refractivity contribution in [1.82, 2.24) is 10.2 Å². The third-order valence-corrected chi connectivity index (χ3v) is 8.78. The van der Waals surface area contributed by atoms with E-state index < -0.39 is 40.2 Å². The van der Waals surface area contributed by atoms with Gasteiger partial charge in [0.2, 0.25) is 11.8 Å². The molecule has 11 heteroatoms. The van der Waals surface area contributed by atoms with Crippen molar-refractivity contribution in [2.45, 2.75) is 42.6 Å². The summed E-state index contributed by atoms with van der Waals surface area (Å²) in [6.07, 6.45) is 2.17. The number of anilines is 1. The molecule has 0 aliphatic carbocycles. The van der Waals surface area contributed by atoms with E-state index >= 15 is 0 Å². The van der Waals surface area contributed by atoms with Crippen LogP contribution in [0.1, 0.15) is 25.8 Å². The molecule has 0 radical (unpaired) electrons. The molecular weight excluding hydrogens is 553 g/mol. The molecule has 0 saturated carbocycles. The van der Waals surface area contributed by atoms with E-state index in [-0.39, 0.29) is 30.2 Å². The fourth-order valence-corrected chi connectivity index (χ4v) is 6.03. The van der Waals surface area contributed by atoms with Gasteiger partial charge in [0.25, 0.3) is 10.0 Å². The van der Waals surface area contributed by atoms with Gasteiger partial charge in [0.05, 0.1) is 17.2 Å². The molecule has 0 saturated heterocycles. The minimum absolute atomic E-state index is 0.00725. The monoisotopic (exact) mass is 587 g/mol. The first-order valence-corrected chi connectivity index (χ1v) is 15.5. The van der Waals surface area contributed by atoms with Gasteiger partial charge in [-0.15, -0.1) is 11.8 Å². The number of carbonyl (C=O) groups excluding carboxylic acids is 2. The van der Waals surface area contributed by atoms with Crippen LogP contribution in [0, 0.1) is 5.82 Å². The van der Waals surface area contributed by atoms with E-state index in [9.17, 15) is 22.4 Å². The van der Waals surface area contributed by atoms with E-state index in [2.05, 4.69) is 5.32 Å². The number of benzene rings is 3. The van der Waals surface area contributed by atoms with Crippen molar-refractivity contribution in [2.24, 2.45) is 0 Å². The Morgan fingerprint density at radius 3 is 2.23 bits per heavy atom. The number of carbonyl (C=O) groups is 2.